The highest BCUT2D eigenvalue weighted by molar-refractivity contribution is 7.91. The first-order valence-corrected chi connectivity index (χ1v) is 9.74. The van der Waals surface area contributed by atoms with E-state index in [1.54, 1.807) is 26.8 Å². The summed E-state index contributed by atoms with van der Waals surface area (Å²) in [6.07, 6.45) is 1.61. The van der Waals surface area contributed by atoms with Crippen molar-refractivity contribution < 1.29 is 32.0 Å². The molecule has 2 saturated heterocycles. The maximum Gasteiger partial charge on any atom is 0.411 e. The fourth-order valence-electron chi connectivity index (χ4n) is 2.64. The van der Waals surface area contributed by atoms with Gasteiger partial charge in [0.05, 0.1) is 0 Å². The average Bonchev–Trinajstić information content (AvgIpc) is 3.09. The van der Waals surface area contributed by atoms with Crippen LogP contribution in [0.3, 0.4) is 0 Å². The van der Waals surface area contributed by atoms with Crippen LogP contribution < -0.4 is 0 Å². The van der Waals surface area contributed by atoms with Crippen LogP contribution in [0.4, 0.5) is 4.79 Å². The third-order valence-corrected chi connectivity index (χ3v) is 4.39. The highest BCUT2D eigenvalue weighted by Gasteiger charge is 2.47. The normalized spacial score (nSPS) is 25.4. The van der Waals surface area contributed by atoms with Crippen LogP contribution in [-0.2, 0) is 23.8 Å². The molecule has 0 aromatic rings. The molecule has 2 heterocycles. The summed E-state index contributed by atoms with van der Waals surface area (Å²) in [5.41, 5.74) is 7.65. The second-order valence-corrected chi connectivity index (χ2v) is 8.57. The maximum atomic E-state index is 12.4. The summed E-state index contributed by atoms with van der Waals surface area (Å²) in [7, 11) is -2.92. The molecular formula is C15H24N4O7S. The molecule has 3 atom stereocenters. The van der Waals surface area contributed by atoms with Gasteiger partial charge in [-0.15, -0.1) is 6.58 Å². The fraction of sp³-hybridized carbons (Fsp3) is 0.733. The number of nitrogens with zero attached hydrogens (tertiary/aromatic N) is 4. The van der Waals surface area contributed by atoms with Crippen LogP contribution in [0.1, 0.15) is 33.6 Å². The molecule has 0 aromatic carbocycles. The first-order valence-electron chi connectivity index (χ1n) is 8.16. The number of carbonyl (C=O) groups is 2. The Hall–Kier alpha value is -2.30. The lowest BCUT2D eigenvalue weighted by atomic mass is 9.97. The summed E-state index contributed by atoms with van der Waals surface area (Å²) >= 11 is 0. The molecule has 2 aliphatic rings. The second kappa shape index (κ2) is 9.07. The minimum Gasteiger partial charge on any atom is -0.480 e. The zero-order valence-electron chi connectivity index (χ0n) is 15.4. The van der Waals surface area contributed by atoms with Crippen molar-refractivity contribution in [2.75, 3.05) is 12.5 Å². The number of hydrogen-bond donors (Lipinski definition) is 1. The predicted octanol–water partition coefficient (Wildman–Crippen LogP) is 2.26. The van der Waals surface area contributed by atoms with Crippen LogP contribution in [-0.4, -0.2) is 60.7 Å². The largest absolute Gasteiger partial charge is 0.480 e. The van der Waals surface area contributed by atoms with Crippen LogP contribution in [0, 0.1) is 5.92 Å². The van der Waals surface area contributed by atoms with Crippen molar-refractivity contribution in [3.8, 4) is 0 Å². The van der Waals surface area contributed by atoms with Crippen molar-refractivity contribution >= 4 is 22.2 Å². The molecule has 152 valence electrons. The molecule has 1 N–H and O–H groups in total. The Morgan fingerprint density at radius 3 is 2.41 bits per heavy atom. The number of amides is 1. The van der Waals surface area contributed by atoms with Crippen molar-refractivity contribution in [2.45, 2.75) is 51.3 Å². The highest BCUT2D eigenvalue weighted by Crippen LogP contribution is 2.34. The third-order valence-electron chi connectivity index (χ3n) is 3.77. The van der Waals surface area contributed by atoms with Gasteiger partial charge >= 0.3 is 12.1 Å². The first-order chi connectivity index (χ1) is 12.4. The van der Waals surface area contributed by atoms with E-state index in [1.807, 2.05) is 0 Å². The molecule has 12 heteroatoms. The van der Waals surface area contributed by atoms with Gasteiger partial charge in [-0.1, -0.05) is 11.2 Å². The predicted molar refractivity (Wildman–Crippen MR) is 95.1 cm³/mol. The Morgan fingerprint density at radius 2 is 2.04 bits per heavy atom. The van der Waals surface area contributed by atoms with Gasteiger partial charge in [0.15, 0.2) is 5.94 Å². The number of hydrogen-bond acceptors (Lipinski definition) is 7. The Bertz CT molecular complexity index is 715. The van der Waals surface area contributed by atoms with Crippen LogP contribution in [0.25, 0.3) is 10.4 Å². The van der Waals surface area contributed by atoms with E-state index in [0.29, 0.717) is 6.42 Å². The summed E-state index contributed by atoms with van der Waals surface area (Å²) < 4.78 is 28.2. The second-order valence-electron chi connectivity index (χ2n) is 6.98. The number of azide groups is 1. The summed E-state index contributed by atoms with van der Waals surface area (Å²) in [4.78, 5) is 27.8. The Balaban J connectivity index is 0.000000625. The number of aliphatic carboxylic acids is 1. The quantitative estimate of drug-likeness (QED) is 0.241. The van der Waals surface area contributed by atoms with Crippen molar-refractivity contribution in [3.63, 3.8) is 0 Å². The van der Waals surface area contributed by atoms with E-state index in [2.05, 4.69) is 20.8 Å². The van der Waals surface area contributed by atoms with E-state index < -0.39 is 39.9 Å². The number of carboxylic acids is 1. The summed E-state index contributed by atoms with van der Waals surface area (Å²) in [6.45, 7) is 9.04. The molecule has 3 unspecified atom stereocenters. The zero-order valence-corrected chi connectivity index (χ0v) is 16.3. The van der Waals surface area contributed by atoms with Gasteiger partial charge in [0, 0.05) is 17.5 Å². The number of ether oxygens (including phenoxy) is 1. The maximum absolute atomic E-state index is 12.4. The molecule has 0 aromatic heterocycles. The topological polar surface area (TPSA) is 162 Å². The highest BCUT2D eigenvalue weighted by atomic mass is 32.2. The van der Waals surface area contributed by atoms with Gasteiger partial charge in [-0.2, -0.15) is 8.42 Å². The molecule has 0 saturated carbocycles. The van der Waals surface area contributed by atoms with Crippen LogP contribution >= 0.6 is 0 Å². The van der Waals surface area contributed by atoms with E-state index in [4.69, 9.17) is 10.3 Å². The summed E-state index contributed by atoms with van der Waals surface area (Å²) in [6, 6.07) is -1.37. The molecule has 0 spiro atoms. The summed E-state index contributed by atoms with van der Waals surface area (Å²) in [5.74, 6) is -1.33. The van der Waals surface area contributed by atoms with Gasteiger partial charge in [0.1, 0.15) is 11.6 Å². The van der Waals surface area contributed by atoms with Gasteiger partial charge in [0.2, 0.25) is 0 Å². The molecule has 0 radical (unpaired) electrons. The van der Waals surface area contributed by atoms with E-state index in [1.165, 1.54) is 4.90 Å². The van der Waals surface area contributed by atoms with Gasteiger partial charge < -0.3 is 9.84 Å². The van der Waals surface area contributed by atoms with Crippen LogP contribution in [0.5, 0.6) is 0 Å². The van der Waals surface area contributed by atoms with E-state index >= 15 is 0 Å². The Labute approximate surface area is 157 Å². The fourth-order valence-corrected chi connectivity index (χ4v) is 2.96. The molecule has 2 aliphatic heterocycles. The molecule has 0 bridgehead atoms. The lowest BCUT2D eigenvalue weighted by Crippen LogP contribution is -2.48. The smallest absolute Gasteiger partial charge is 0.411 e. The Kier molecular flexibility index (Phi) is 7.64. The van der Waals surface area contributed by atoms with E-state index in [-0.39, 0.29) is 24.8 Å². The van der Waals surface area contributed by atoms with Crippen molar-refractivity contribution in [1.82, 2.24) is 4.90 Å². The first kappa shape index (κ1) is 22.7. The van der Waals surface area contributed by atoms with Crippen LogP contribution in [0.15, 0.2) is 17.8 Å². The number of carbonyl (C=O) groups excluding carboxylic acids is 1. The lowest BCUT2D eigenvalue weighted by Gasteiger charge is -2.31. The lowest BCUT2D eigenvalue weighted by molar-refractivity contribution is -0.142. The van der Waals surface area contributed by atoms with Gasteiger partial charge in [0.25, 0.3) is 10.1 Å². The van der Waals surface area contributed by atoms with Crippen molar-refractivity contribution in [2.24, 2.45) is 11.0 Å². The SMILES string of the molecule is C=CC1CC(C(=O)O)N(C(=O)OC(C)(C)C)C1CCN=[N+]=[N-].O=S1(=O)CO1. The van der Waals surface area contributed by atoms with Crippen molar-refractivity contribution in [1.29, 1.82) is 0 Å². The zero-order chi connectivity index (χ0) is 20.8. The number of rotatable bonds is 5. The minimum atomic E-state index is -2.92. The minimum absolute atomic E-state index is 0.0764. The molecule has 11 nitrogen and oxygen atoms in total. The Morgan fingerprint density at radius 1 is 1.48 bits per heavy atom. The average molecular weight is 404 g/mol. The molecule has 1 amide bonds. The summed E-state index contributed by atoms with van der Waals surface area (Å²) in [5, 5.41) is 12.8. The van der Waals surface area contributed by atoms with E-state index in [9.17, 15) is 23.1 Å². The van der Waals surface area contributed by atoms with Crippen LogP contribution in [0.2, 0.25) is 0 Å². The molecule has 0 aliphatic carbocycles. The monoisotopic (exact) mass is 404 g/mol. The van der Waals surface area contributed by atoms with Gasteiger partial charge in [-0.3, -0.25) is 4.90 Å². The van der Waals surface area contributed by atoms with Gasteiger partial charge in [-0.05, 0) is 45.1 Å². The molecular weight excluding hydrogens is 380 g/mol. The van der Waals surface area contributed by atoms with Crippen molar-refractivity contribution in [3.05, 3.63) is 23.1 Å². The van der Waals surface area contributed by atoms with Gasteiger partial charge in [-0.25, -0.2) is 13.8 Å². The number of likely N-dealkylation sites (tertiary alicyclic amines) is 1. The molecule has 2 rings (SSSR count). The standard InChI is InChI=1S/C14H22N4O4.CH2O3S/c1-5-9-8-11(12(19)20)18(10(9)6-7-16-17-15)13(21)22-14(2,3)4;2-5(3)1-4-5/h5,9-11H,1,6-8H2,2-4H3,(H,19,20);1H2. The molecule has 27 heavy (non-hydrogen) atoms. The number of carboxylic acid groups (broad SMARTS) is 1. The van der Waals surface area contributed by atoms with E-state index in [0.717, 1.165) is 0 Å². The molecule has 2 fully saturated rings. The third kappa shape index (κ3) is 7.45.